The van der Waals surface area contributed by atoms with Gasteiger partial charge in [0.2, 0.25) is 0 Å². The molecule has 1 aromatic heterocycles. The summed E-state index contributed by atoms with van der Waals surface area (Å²) in [4.78, 5) is 9.18. The third kappa shape index (κ3) is 2.55. The van der Waals surface area contributed by atoms with Crippen molar-refractivity contribution >= 4 is 5.82 Å². The van der Waals surface area contributed by atoms with Crippen LogP contribution in [0.15, 0.2) is 18.2 Å². The SMILES string of the molecule is CCNc1nc(-c2ccc(OC)c(F)c2)nc2c1CCC2. The predicted octanol–water partition coefficient (Wildman–Crippen LogP) is 3.21. The molecule has 0 fully saturated rings. The largest absolute Gasteiger partial charge is 0.494 e. The van der Waals surface area contributed by atoms with Gasteiger partial charge in [-0.3, -0.25) is 0 Å². The second-order valence-electron chi connectivity index (χ2n) is 5.05. The summed E-state index contributed by atoms with van der Waals surface area (Å²) in [7, 11) is 1.45. The molecule has 0 saturated heterocycles. The molecule has 1 aromatic carbocycles. The average molecular weight is 287 g/mol. The third-order valence-electron chi connectivity index (χ3n) is 3.69. The fourth-order valence-electron chi connectivity index (χ4n) is 2.68. The molecule has 0 atom stereocenters. The molecule has 5 heteroatoms. The number of hydrogen-bond donors (Lipinski definition) is 1. The normalized spacial score (nSPS) is 13.1. The van der Waals surface area contributed by atoms with Gasteiger partial charge in [0.1, 0.15) is 5.82 Å². The molecule has 1 aliphatic carbocycles. The zero-order valence-electron chi connectivity index (χ0n) is 12.2. The Morgan fingerprint density at radius 3 is 2.86 bits per heavy atom. The minimum absolute atomic E-state index is 0.229. The van der Waals surface area contributed by atoms with Crippen LogP contribution in [-0.4, -0.2) is 23.6 Å². The number of nitrogens with zero attached hydrogens (tertiary/aromatic N) is 2. The lowest BCUT2D eigenvalue weighted by molar-refractivity contribution is 0.386. The lowest BCUT2D eigenvalue weighted by Crippen LogP contribution is -2.06. The van der Waals surface area contributed by atoms with E-state index in [1.165, 1.54) is 18.7 Å². The number of halogens is 1. The van der Waals surface area contributed by atoms with Gasteiger partial charge in [0.25, 0.3) is 0 Å². The van der Waals surface area contributed by atoms with E-state index in [1.54, 1.807) is 12.1 Å². The Labute approximate surface area is 123 Å². The van der Waals surface area contributed by atoms with Crippen molar-refractivity contribution in [2.75, 3.05) is 19.0 Å². The molecule has 0 amide bonds. The van der Waals surface area contributed by atoms with Crippen LogP contribution < -0.4 is 10.1 Å². The molecular weight excluding hydrogens is 269 g/mol. The van der Waals surface area contributed by atoms with Crippen LogP contribution in [0, 0.1) is 5.82 Å². The molecule has 0 radical (unpaired) electrons. The van der Waals surface area contributed by atoms with Crippen molar-refractivity contribution in [3.05, 3.63) is 35.3 Å². The molecule has 4 nitrogen and oxygen atoms in total. The summed E-state index contributed by atoms with van der Waals surface area (Å²) in [5, 5.41) is 3.29. The zero-order chi connectivity index (χ0) is 14.8. The fourth-order valence-corrected chi connectivity index (χ4v) is 2.68. The minimum atomic E-state index is -0.399. The molecule has 0 bridgehead atoms. The van der Waals surface area contributed by atoms with Crippen molar-refractivity contribution < 1.29 is 9.13 Å². The van der Waals surface area contributed by atoms with Gasteiger partial charge in [0.15, 0.2) is 17.4 Å². The van der Waals surface area contributed by atoms with Gasteiger partial charge in [-0.1, -0.05) is 0 Å². The van der Waals surface area contributed by atoms with Crippen LogP contribution in [0.1, 0.15) is 24.6 Å². The Hall–Kier alpha value is -2.17. The van der Waals surface area contributed by atoms with Gasteiger partial charge in [0, 0.05) is 23.4 Å². The standard InChI is InChI=1S/C16H18FN3O/c1-3-18-16-11-5-4-6-13(11)19-15(20-16)10-7-8-14(21-2)12(17)9-10/h7-9H,3-6H2,1-2H3,(H,18,19,20). The van der Waals surface area contributed by atoms with Crippen molar-refractivity contribution in [2.24, 2.45) is 0 Å². The van der Waals surface area contributed by atoms with E-state index < -0.39 is 5.82 Å². The van der Waals surface area contributed by atoms with E-state index >= 15 is 0 Å². The van der Waals surface area contributed by atoms with Gasteiger partial charge < -0.3 is 10.1 Å². The highest BCUT2D eigenvalue weighted by Gasteiger charge is 2.20. The number of ether oxygens (including phenoxy) is 1. The van der Waals surface area contributed by atoms with E-state index in [9.17, 15) is 4.39 Å². The lowest BCUT2D eigenvalue weighted by atomic mass is 10.1. The van der Waals surface area contributed by atoms with Gasteiger partial charge in [-0.25, -0.2) is 14.4 Å². The summed E-state index contributed by atoms with van der Waals surface area (Å²) in [5.74, 6) is 1.27. The number of rotatable bonds is 4. The van der Waals surface area contributed by atoms with Crippen LogP contribution in [0.25, 0.3) is 11.4 Å². The minimum Gasteiger partial charge on any atom is -0.494 e. The van der Waals surface area contributed by atoms with Gasteiger partial charge in [-0.2, -0.15) is 0 Å². The van der Waals surface area contributed by atoms with E-state index in [2.05, 4.69) is 15.3 Å². The van der Waals surface area contributed by atoms with E-state index in [-0.39, 0.29) is 5.75 Å². The maximum atomic E-state index is 13.9. The number of methoxy groups -OCH3 is 1. The Balaban J connectivity index is 2.06. The van der Waals surface area contributed by atoms with Crippen molar-refractivity contribution in [1.82, 2.24) is 9.97 Å². The topological polar surface area (TPSA) is 47.0 Å². The first-order valence-electron chi connectivity index (χ1n) is 7.20. The number of aromatic nitrogens is 2. The van der Waals surface area contributed by atoms with Gasteiger partial charge in [-0.05, 0) is 44.4 Å². The molecular formula is C16H18FN3O. The maximum Gasteiger partial charge on any atom is 0.165 e. The number of fused-ring (bicyclic) bond motifs is 1. The number of aryl methyl sites for hydroxylation is 1. The molecule has 0 saturated carbocycles. The van der Waals surface area contributed by atoms with Gasteiger partial charge in [0.05, 0.1) is 7.11 Å². The van der Waals surface area contributed by atoms with Crippen molar-refractivity contribution in [2.45, 2.75) is 26.2 Å². The summed E-state index contributed by atoms with van der Waals surface area (Å²) in [6.45, 7) is 2.84. The van der Waals surface area contributed by atoms with Crippen molar-refractivity contribution in [3.63, 3.8) is 0 Å². The second-order valence-corrected chi connectivity index (χ2v) is 5.05. The van der Waals surface area contributed by atoms with Crippen LogP contribution >= 0.6 is 0 Å². The zero-order valence-corrected chi connectivity index (χ0v) is 12.2. The predicted molar refractivity (Wildman–Crippen MR) is 80.2 cm³/mol. The summed E-state index contributed by atoms with van der Waals surface area (Å²) < 4.78 is 18.8. The van der Waals surface area contributed by atoms with Crippen LogP contribution in [0.5, 0.6) is 5.75 Å². The molecule has 1 N–H and O–H groups in total. The lowest BCUT2D eigenvalue weighted by Gasteiger charge is -2.11. The molecule has 0 spiro atoms. The van der Waals surface area contributed by atoms with E-state index in [4.69, 9.17) is 4.74 Å². The molecule has 1 heterocycles. The van der Waals surface area contributed by atoms with E-state index in [1.807, 2.05) is 6.92 Å². The Morgan fingerprint density at radius 1 is 1.29 bits per heavy atom. The van der Waals surface area contributed by atoms with E-state index in [0.717, 1.165) is 37.3 Å². The van der Waals surface area contributed by atoms with Gasteiger partial charge in [-0.15, -0.1) is 0 Å². The fraction of sp³-hybridized carbons (Fsp3) is 0.375. The second kappa shape index (κ2) is 5.68. The average Bonchev–Trinajstić information content (AvgIpc) is 2.96. The molecule has 110 valence electrons. The third-order valence-corrected chi connectivity index (χ3v) is 3.69. The van der Waals surface area contributed by atoms with Gasteiger partial charge >= 0.3 is 0 Å². The number of anilines is 1. The highest BCUT2D eigenvalue weighted by Crippen LogP contribution is 2.30. The summed E-state index contributed by atoms with van der Waals surface area (Å²) in [6.07, 6.45) is 3.07. The highest BCUT2D eigenvalue weighted by atomic mass is 19.1. The number of hydrogen-bond acceptors (Lipinski definition) is 4. The molecule has 3 rings (SSSR count). The van der Waals surface area contributed by atoms with Crippen LogP contribution in [0.2, 0.25) is 0 Å². The smallest absolute Gasteiger partial charge is 0.165 e. The maximum absolute atomic E-state index is 13.9. The quantitative estimate of drug-likeness (QED) is 0.938. The molecule has 2 aromatic rings. The van der Waals surface area contributed by atoms with Crippen LogP contribution in [-0.2, 0) is 12.8 Å². The van der Waals surface area contributed by atoms with Crippen LogP contribution in [0.3, 0.4) is 0 Å². The number of benzene rings is 1. The van der Waals surface area contributed by atoms with E-state index in [0.29, 0.717) is 11.4 Å². The Morgan fingerprint density at radius 2 is 2.14 bits per heavy atom. The summed E-state index contributed by atoms with van der Waals surface area (Å²) in [5.41, 5.74) is 2.95. The molecule has 0 unspecified atom stereocenters. The first-order chi connectivity index (χ1) is 10.2. The van der Waals surface area contributed by atoms with Crippen molar-refractivity contribution in [1.29, 1.82) is 0 Å². The monoisotopic (exact) mass is 287 g/mol. The van der Waals surface area contributed by atoms with Crippen molar-refractivity contribution in [3.8, 4) is 17.1 Å². The Bertz CT molecular complexity index is 673. The Kier molecular flexibility index (Phi) is 3.73. The summed E-state index contributed by atoms with van der Waals surface area (Å²) >= 11 is 0. The number of nitrogens with one attached hydrogen (secondary N) is 1. The first-order valence-corrected chi connectivity index (χ1v) is 7.20. The summed E-state index contributed by atoms with van der Waals surface area (Å²) in [6, 6.07) is 4.81. The molecule has 0 aliphatic heterocycles. The van der Waals surface area contributed by atoms with Crippen LogP contribution in [0.4, 0.5) is 10.2 Å². The highest BCUT2D eigenvalue weighted by molar-refractivity contribution is 5.61. The molecule has 1 aliphatic rings. The first kappa shape index (κ1) is 13.8. The molecule has 21 heavy (non-hydrogen) atoms.